The fourth-order valence-corrected chi connectivity index (χ4v) is 1.37. The van der Waals surface area contributed by atoms with E-state index < -0.39 is 0 Å². The minimum absolute atomic E-state index is 0.340. The summed E-state index contributed by atoms with van der Waals surface area (Å²) in [5.41, 5.74) is 7.05. The monoisotopic (exact) mass is 235 g/mol. The summed E-state index contributed by atoms with van der Waals surface area (Å²) in [4.78, 5) is 8.03. The van der Waals surface area contributed by atoms with Crippen molar-refractivity contribution in [2.75, 3.05) is 5.73 Å². The molecule has 0 aliphatic rings. The average molecular weight is 236 g/mol. The van der Waals surface area contributed by atoms with Gasteiger partial charge in [-0.1, -0.05) is 11.6 Å². The van der Waals surface area contributed by atoms with Crippen LogP contribution in [0.5, 0.6) is 5.75 Å². The number of nitrogen functional groups attached to an aromatic ring is 1. The molecule has 0 spiro atoms. The summed E-state index contributed by atoms with van der Waals surface area (Å²) in [7, 11) is 0. The lowest BCUT2D eigenvalue weighted by Crippen LogP contribution is -1.99. The number of hydrogen-bond acceptors (Lipinski definition) is 4. The molecule has 0 amide bonds. The summed E-state index contributed by atoms with van der Waals surface area (Å²) in [6.45, 7) is 0.340. The van der Waals surface area contributed by atoms with Crippen molar-refractivity contribution in [1.82, 2.24) is 9.97 Å². The van der Waals surface area contributed by atoms with Gasteiger partial charge in [0.25, 0.3) is 0 Å². The van der Waals surface area contributed by atoms with Crippen molar-refractivity contribution in [3.05, 3.63) is 47.5 Å². The third-order valence-corrected chi connectivity index (χ3v) is 2.11. The molecule has 0 saturated heterocycles. The first-order valence-electron chi connectivity index (χ1n) is 4.68. The van der Waals surface area contributed by atoms with E-state index in [1.807, 2.05) is 0 Å². The zero-order chi connectivity index (χ0) is 11.4. The van der Waals surface area contributed by atoms with E-state index in [1.54, 1.807) is 36.8 Å². The van der Waals surface area contributed by atoms with Crippen LogP contribution in [0.15, 0.2) is 36.8 Å². The Morgan fingerprint density at radius 1 is 1.31 bits per heavy atom. The Labute approximate surface area is 98.0 Å². The van der Waals surface area contributed by atoms with Gasteiger partial charge in [-0.3, -0.25) is 9.97 Å². The summed E-state index contributed by atoms with van der Waals surface area (Å²) >= 11 is 5.77. The smallest absolute Gasteiger partial charge is 0.139 e. The van der Waals surface area contributed by atoms with Crippen LogP contribution in [0.2, 0.25) is 5.02 Å². The molecule has 0 bridgehead atoms. The number of halogens is 1. The first-order chi connectivity index (χ1) is 7.74. The third-order valence-electron chi connectivity index (χ3n) is 1.91. The second-order valence-electron chi connectivity index (χ2n) is 3.21. The molecule has 0 unspecified atom stereocenters. The van der Waals surface area contributed by atoms with E-state index in [0.29, 0.717) is 23.1 Å². The second kappa shape index (κ2) is 4.81. The van der Waals surface area contributed by atoms with E-state index in [2.05, 4.69) is 9.97 Å². The molecule has 0 radical (unpaired) electrons. The van der Waals surface area contributed by atoms with Crippen LogP contribution in [0, 0.1) is 0 Å². The predicted molar refractivity (Wildman–Crippen MR) is 62.2 cm³/mol. The number of nitrogens with zero attached hydrogens (tertiary/aromatic N) is 2. The van der Waals surface area contributed by atoms with E-state index in [0.717, 1.165) is 5.69 Å². The summed E-state index contributed by atoms with van der Waals surface area (Å²) in [5, 5.41) is 0.540. The van der Waals surface area contributed by atoms with Crippen molar-refractivity contribution in [2.24, 2.45) is 0 Å². The van der Waals surface area contributed by atoms with Crippen molar-refractivity contribution < 1.29 is 4.74 Å². The van der Waals surface area contributed by atoms with Crippen LogP contribution in [0.1, 0.15) is 5.69 Å². The van der Waals surface area contributed by atoms with E-state index >= 15 is 0 Å². The number of hydrogen-bond donors (Lipinski definition) is 1. The van der Waals surface area contributed by atoms with Gasteiger partial charge in [-0.2, -0.15) is 0 Å². The highest BCUT2D eigenvalue weighted by Gasteiger charge is 1.99. The highest BCUT2D eigenvalue weighted by Crippen LogP contribution is 2.16. The van der Waals surface area contributed by atoms with Crippen LogP contribution in [0.4, 0.5) is 5.69 Å². The lowest BCUT2D eigenvalue weighted by Gasteiger charge is -2.05. The number of anilines is 1. The Bertz CT molecular complexity index is 445. The maximum absolute atomic E-state index is 5.77. The van der Waals surface area contributed by atoms with Gasteiger partial charge in [0.15, 0.2) is 0 Å². The molecular weight excluding hydrogens is 226 g/mol. The third kappa shape index (κ3) is 2.84. The lowest BCUT2D eigenvalue weighted by atomic mass is 10.3. The normalized spacial score (nSPS) is 10.1. The van der Waals surface area contributed by atoms with Gasteiger partial charge in [-0.15, -0.1) is 0 Å². The fourth-order valence-electron chi connectivity index (χ4n) is 1.20. The first-order valence-corrected chi connectivity index (χ1v) is 5.05. The largest absolute Gasteiger partial charge is 0.486 e. The van der Waals surface area contributed by atoms with Gasteiger partial charge < -0.3 is 10.5 Å². The highest BCUT2D eigenvalue weighted by molar-refractivity contribution is 6.30. The summed E-state index contributed by atoms with van der Waals surface area (Å²) in [6.07, 6.45) is 4.79. The van der Waals surface area contributed by atoms with Gasteiger partial charge in [-0.05, 0) is 12.1 Å². The number of ether oxygens (including phenoxy) is 1. The highest BCUT2D eigenvalue weighted by atomic mass is 35.5. The SMILES string of the molecule is Nc1ccnc(COc2cncc(Cl)c2)c1. The van der Waals surface area contributed by atoms with E-state index in [-0.39, 0.29) is 0 Å². The molecule has 0 saturated carbocycles. The number of pyridine rings is 2. The number of aromatic nitrogens is 2. The van der Waals surface area contributed by atoms with Crippen LogP contribution in [0.3, 0.4) is 0 Å². The molecule has 16 heavy (non-hydrogen) atoms. The van der Waals surface area contributed by atoms with Crippen LogP contribution in [0.25, 0.3) is 0 Å². The predicted octanol–water partition coefficient (Wildman–Crippen LogP) is 2.29. The molecule has 5 heteroatoms. The van der Waals surface area contributed by atoms with Crippen LogP contribution in [-0.4, -0.2) is 9.97 Å². The van der Waals surface area contributed by atoms with Crippen LogP contribution >= 0.6 is 11.6 Å². The van der Waals surface area contributed by atoms with Crippen LogP contribution in [-0.2, 0) is 6.61 Å². The maximum atomic E-state index is 5.77. The molecule has 0 fully saturated rings. The van der Waals surface area contributed by atoms with Crippen molar-refractivity contribution in [2.45, 2.75) is 6.61 Å². The standard InChI is InChI=1S/C11H10ClN3O/c12-8-3-11(6-14-5-8)16-7-10-4-9(13)1-2-15-10/h1-6H,7H2,(H2,13,15). The number of nitrogens with two attached hydrogens (primary N) is 1. The van der Waals surface area contributed by atoms with E-state index in [9.17, 15) is 0 Å². The molecule has 82 valence electrons. The van der Waals surface area contributed by atoms with Crippen molar-refractivity contribution in [3.63, 3.8) is 0 Å². The van der Waals surface area contributed by atoms with E-state index in [4.69, 9.17) is 22.1 Å². The fraction of sp³-hybridized carbons (Fsp3) is 0.0909. The lowest BCUT2D eigenvalue weighted by molar-refractivity contribution is 0.300. The molecule has 2 N–H and O–H groups in total. The van der Waals surface area contributed by atoms with Crippen molar-refractivity contribution in [1.29, 1.82) is 0 Å². The summed E-state index contributed by atoms with van der Waals surface area (Å²) < 4.78 is 5.46. The maximum Gasteiger partial charge on any atom is 0.139 e. The van der Waals surface area contributed by atoms with Gasteiger partial charge in [0.05, 0.1) is 16.9 Å². The van der Waals surface area contributed by atoms with Gasteiger partial charge in [0.1, 0.15) is 12.4 Å². The zero-order valence-electron chi connectivity index (χ0n) is 8.43. The topological polar surface area (TPSA) is 61.0 Å². The molecule has 2 heterocycles. The molecule has 0 aliphatic heterocycles. The summed E-state index contributed by atoms with van der Waals surface area (Å²) in [5.74, 6) is 0.608. The van der Waals surface area contributed by atoms with Gasteiger partial charge in [0, 0.05) is 24.1 Å². The molecule has 0 aliphatic carbocycles. The number of rotatable bonds is 3. The molecule has 2 aromatic rings. The Balaban J connectivity index is 2.02. The zero-order valence-corrected chi connectivity index (χ0v) is 9.19. The minimum atomic E-state index is 0.340. The van der Waals surface area contributed by atoms with E-state index in [1.165, 1.54) is 0 Å². The minimum Gasteiger partial charge on any atom is -0.486 e. The second-order valence-corrected chi connectivity index (χ2v) is 3.64. The van der Waals surface area contributed by atoms with Crippen molar-refractivity contribution >= 4 is 17.3 Å². The quantitative estimate of drug-likeness (QED) is 0.887. The Morgan fingerprint density at radius 2 is 2.19 bits per heavy atom. The molecular formula is C11H10ClN3O. The summed E-state index contributed by atoms with van der Waals surface area (Å²) in [6, 6.07) is 5.18. The van der Waals surface area contributed by atoms with Gasteiger partial charge in [-0.25, -0.2) is 0 Å². The van der Waals surface area contributed by atoms with Crippen LogP contribution < -0.4 is 10.5 Å². The molecule has 4 nitrogen and oxygen atoms in total. The Morgan fingerprint density at radius 3 is 2.94 bits per heavy atom. The molecule has 0 aromatic carbocycles. The average Bonchev–Trinajstić information content (AvgIpc) is 2.27. The van der Waals surface area contributed by atoms with Crippen molar-refractivity contribution in [3.8, 4) is 5.75 Å². The molecule has 2 rings (SSSR count). The molecule has 0 atom stereocenters. The first kappa shape index (κ1) is 10.7. The Kier molecular flexibility index (Phi) is 3.22. The molecule has 2 aromatic heterocycles. The van der Waals surface area contributed by atoms with Gasteiger partial charge >= 0.3 is 0 Å². The Hall–Kier alpha value is -1.81. The van der Waals surface area contributed by atoms with Gasteiger partial charge in [0.2, 0.25) is 0 Å².